The molecule has 0 atom stereocenters. The van der Waals surface area contributed by atoms with Crippen molar-refractivity contribution >= 4 is 15.5 Å². The van der Waals surface area contributed by atoms with Gasteiger partial charge in [0.05, 0.1) is 23.2 Å². The van der Waals surface area contributed by atoms with Crippen LogP contribution in [0, 0.1) is 0 Å². The molecule has 7 nitrogen and oxygen atoms in total. The predicted octanol–water partition coefficient (Wildman–Crippen LogP) is 4.63. The number of fused-ring (bicyclic) bond motifs is 1. The molecule has 0 amide bonds. The lowest BCUT2D eigenvalue weighted by Gasteiger charge is -2.10. The third-order valence-electron chi connectivity index (χ3n) is 5.13. The molecular weight excluding hydrogens is 488 g/mol. The molecular formula is C20H15F6N5O2S. The summed E-state index contributed by atoms with van der Waals surface area (Å²) >= 11 is 0. The van der Waals surface area contributed by atoms with Crippen molar-refractivity contribution in [2.75, 3.05) is 5.75 Å². The molecule has 0 radical (unpaired) electrons. The van der Waals surface area contributed by atoms with Gasteiger partial charge >= 0.3 is 12.4 Å². The lowest BCUT2D eigenvalue weighted by atomic mass is 10.2. The molecule has 180 valence electrons. The van der Waals surface area contributed by atoms with Crippen LogP contribution in [0.4, 0.5) is 26.3 Å². The van der Waals surface area contributed by atoms with Gasteiger partial charge in [0.25, 0.3) is 0 Å². The fourth-order valence-corrected chi connectivity index (χ4v) is 4.53. The molecule has 0 fully saturated rings. The van der Waals surface area contributed by atoms with Gasteiger partial charge in [-0.05, 0) is 24.3 Å². The highest BCUT2D eigenvalue weighted by Crippen LogP contribution is 2.35. The number of sulfone groups is 1. The maximum atomic E-state index is 13.2. The molecule has 0 aliphatic rings. The molecule has 0 saturated heterocycles. The van der Waals surface area contributed by atoms with Crippen LogP contribution in [0.15, 0.2) is 47.9 Å². The second-order valence-electron chi connectivity index (χ2n) is 7.27. The number of pyridine rings is 2. The van der Waals surface area contributed by atoms with E-state index in [2.05, 4.69) is 15.0 Å². The molecule has 0 unspecified atom stereocenters. The number of hydrogen-bond donors (Lipinski definition) is 0. The number of hydrogen-bond acceptors (Lipinski definition) is 5. The van der Waals surface area contributed by atoms with Gasteiger partial charge in [0.1, 0.15) is 17.0 Å². The van der Waals surface area contributed by atoms with E-state index in [1.807, 2.05) is 0 Å². The molecule has 0 aromatic carbocycles. The smallest absolute Gasteiger partial charge is 0.326 e. The zero-order chi connectivity index (χ0) is 25.1. The first-order valence-electron chi connectivity index (χ1n) is 9.62. The maximum absolute atomic E-state index is 13.2. The Bertz CT molecular complexity index is 1480. The van der Waals surface area contributed by atoms with E-state index in [9.17, 15) is 34.8 Å². The van der Waals surface area contributed by atoms with Crippen LogP contribution < -0.4 is 0 Å². The van der Waals surface area contributed by atoms with E-state index in [0.717, 1.165) is 28.8 Å². The quantitative estimate of drug-likeness (QED) is 0.380. The second kappa shape index (κ2) is 7.82. The van der Waals surface area contributed by atoms with Crippen molar-refractivity contribution in [2.24, 2.45) is 7.05 Å². The van der Waals surface area contributed by atoms with Crippen molar-refractivity contribution in [1.29, 1.82) is 0 Å². The molecule has 0 aliphatic carbocycles. The van der Waals surface area contributed by atoms with Crippen LogP contribution in [0.5, 0.6) is 0 Å². The number of nitrogens with zero attached hydrogens (tertiary/aromatic N) is 5. The number of alkyl halides is 6. The van der Waals surface area contributed by atoms with E-state index in [0.29, 0.717) is 11.9 Å². The number of halogens is 6. The van der Waals surface area contributed by atoms with Crippen molar-refractivity contribution in [3.63, 3.8) is 0 Å². The van der Waals surface area contributed by atoms with Crippen molar-refractivity contribution in [3.8, 4) is 22.8 Å². The summed E-state index contributed by atoms with van der Waals surface area (Å²) in [4.78, 5) is 11.8. The first kappa shape index (κ1) is 23.7. The highest BCUT2D eigenvalue weighted by molar-refractivity contribution is 7.91. The third-order valence-corrected chi connectivity index (χ3v) is 6.87. The van der Waals surface area contributed by atoms with Crippen LogP contribution in [-0.2, 0) is 29.2 Å². The third kappa shape index (κ3) is 4.02. The first-order valence-corrected chi connectivity index (χ1v) is 11.3. The summed E-state index contributed by atoms with van der Waals surface area (Å²) in [6.45, 7) is 1.34. The molecule has 0 N–H and O–H groups in total. The van der Waals surface area contributed by atoms with Crippen molar-refractivity contribution in [2.45, 2.75) is 24.3 Å². The van der Waals surface area contributed by atoms with Crippen molar-refractivity contribution in [3.05, 3.63) is 54.1 Å². The summed E-state index contributed by atoms with van der Waals surface area (Å²) in [5.41, 5.74) is -1.82. The lowest BCUT2D eigenvalue weighted by molar-refractivity contribution is -0.141. The SMILES string of the molecule is CCS(=O)(=O)c1c(-c2ncc(-c3ccc(C(F)(F)F)nc3)n2C)nc2ccc(C(F)(F)F)cn12. The summed E-state index contributed by atoms with van der Waals surface area (Å²) in [6, 6.07) is 3.80. The minimum absolute atomic E-state index is 0.000758. The van der Waals surface area contributed by atoms with Crippen LogP contribution in [0.3, 0.4) is 0 Å². The predicted molar refractivity (Wildman–Crippen MR) is 108 cm³/mol. The van der Waals surface area contributed by atoms with E-state index >= 15 is 0 Å². The minimum Gasteiger partial charge on any atom is -0.326 e. The van der Waals surface area contributed by atoms with Gasteiger partial charge < -0.3 is 4.57 Å². The van der Waals surface area contributed by atoms with Crippen LogP contribution in [0.25, 0.3) is 28.4 Å². The van der Waals surface area contributed by atoms with Crippen LogP contribution in [-0.4, -0.2) is 38.1 Å². The molecule has 4 rings (SSSR count). The van der Waals surface area contributed by atoms with Crippen molar-refractivity contribution < 1.29 is 34.8 Å². The lowest BCUT2D eigenvalue weighted by Crippen LogP contribution is -2.12. The van der Waals surface area contributed by atoms with Crippen LogP contribution in [0.1, 0.15) is 18.2 Å². The van der Waals surface area contributed by atoms with E-state index in [1.54, 1.807) is 0 Å². The first-order chi connectivity index (χ1) is 15.7. The van der Waals surface area contributed by atoms with Gasteiger partial charge in [-0.15, -0.1) is 0 Å². The summed E-state index contributed by atoms with van der Waals surface area (Å²) in [5.74, 6) is -0.413. The average molecular weight is 503 g/mol. The molecule has 4 heterocycles. The summed E-state index contributed by atoms with van der Waals surface area (Å²) in [5, 5.41) is -0.470. The molecule has 4 aromatic rings. The van der Waals surface area contributed by atoms with E-state index in [4.69, 9.17) is 0 Å². The summed E-state index contributed by atoms with van der Waals surface area (Å²) < 4.78 is 106. The van der Waals surface area contributed by atoms with E-state index in [-0.39, 0.29) is 22.7 Å². The molecule has 0 saturated carbocycles. The Labute approximate surface area is 188 Å². The minimum atomic E-state index is -4.71. The summed E-state index contributed by atoms with van der Waals surface area (Å²) in [6.07, 6.45) is -6.40. The second-order valence-corrected chi connectivity index (χ2v) is 9.46. The molecule has 14 heteroatoms. The number of aromatic nitrogens is 5. The Hall–Kier alpha value is -3.42. The highest BCUT2D eigenvalue weighted by Gasteiger charge is 2.34. The van der Waals surface area contributed by atoms with Gasteiger partial charge in [0.2, 0.25) is 0 Å². The molecule has 4 aromatic heterocycles. The Morgan fingerprint density at radius 2 is 1.65 bits per heavy atom. The standard InChI is InChI=1S/C20H15F6N5O2S/c1-3-34(32,33)18-16(29-15-7-5-12(10-31(15)18)19(21,22)23)17-28-9-13(30(17)2)11-4-6-14(27-8-11)20(24,25)26/h4-10H,3H2,1-2H3. The average Bonchev–Trinajstić information content (AvgIpc) is 3.32. The van der Waals surface area contributed by atoms with Gasteiger partial charge in [-0.2, -0.15) is 26.3 Å². The monoisotopic (exact) mass is 503 g/mol. The van der Waals surface area contributed by atoms with Gasteiger partial charge in [-0.25, -0.2) is 18.4 Å². The molecule has 0 spiro atoms. The fraction of sp³-hybridized carbons (Fsp3) is 0.250. The van der Waals surface area contributed by atoms with Crippen molar-refractivity contribution in [1.82, 2.24) is 23.9 Å². The van der Waals surface area contributed by atoms with Gasteiger partial charge in [0.15, 0.2) is 20.7 Å². The normalized spacial score (nSPS) is 13.1. The Kier molecular flexibility index (Phi) is 5.46. The molecule has 0 aliphatic heterocycles. The largest absolute Gasteiger partial charge is 0.433 e. The van der Waals surface area contributed by atoms with Gasteiger partial charge in [-0.1, -0.05) is 6.92 Å². The Balaban J connectivity index is 1.91. The zero-order valence-electron chi connectivity index (χ0n) is 17.5. The number of rotatable bonds is 4. The van der Waals surface area contributed by atoms with Gasteiger partial charge in [0, 0.05) is 25.0 Å². The Morgan fingerprint density at radius 3 is 2.21 bits per heavy atom. The van der Waals surface area contributed by atoms with E-state index in [1.165, 1.54) is 30.8 Å². The molecule has 0 bridgehead atoms. The van der Waals surface area contributed by atoms with E-state index < -0.39 is 44.2 Å². The number of imidazole rings is 2. The zero-order valence-corrected chi connectivity index (χ0v) is 18.3. The fourth-order valence-electron chi connectivity index (χ4n) is 3.38. The maximum Gasteiger partial charge on any atom is 0.433 e. The summed E-state index contributed by atoms with van der Waals surface area (Å²) in [7, 11) is -2.60. The Morgan fingerprint density at radius 1 is 0.941 bits per heavy atom. The van der Waals surface area contributed by atoms with Crippen LogP contribution in [0.2, 0.25) is 0 Å². The van der Waals surface area contributed by atoms with Crippen LogP contribution >= 0.6 is 0 Å². The topological polar surface area (TPSA) is 82.1 Å². The molecule has 34 heavy (non-hydrogen) atoms. The van der Waals surface area contributed by atoms with Gasteiger partial charge in [-0.3, -0.25) is 9.38 Å². The highest BCUT2D eigenvalue weighted by atomic mass is 32.2.